The third kappa shape index (κ3) is 2.03. The lowest BCUT2D eigenvalue weighted by Crippen LogP contribution is -2.47. The molecule has 0 amide bonds. The molecule has 16 heavy (non-hydrogen) atoms. The predicted molar refractivity (Wildman–Crippen MR) is 66.0 cm³/mol. The predicted octanol–water partition coefficient (Wildman–Crippen LogP) is 1.88. The van der Waals surface area contributed by atoms with Gasteiger partial charge in [0.1, 0.15) is 5.75 Å². The second kappa shape index (κ2) is 4.62. The summed E-state index contributed by atoms with van der Waals surface area (Å²) in [6.07, 6.45) is 0. The van der Waals surface area contributed by atoms with Crippen molar-refractivity contribution in [2.45, 2.75) is 13.0 Å². The summed E-state index contributed by atoms with van der Waals surface area (Å²) >= 11 is 6.06. The molecule has 0 radical (unpaired) electrons. The van der Waals surface area contributed by atoms with Crippen LogP contribution >= 0.6 is 11.6 Å². The second-order valence-corrected chi connectivity index (χ2v) is 4.73. The maximum absolute atomic E-state index is 6.24. The summed E-state index contributed by atoms with van der Waals surface area (Å²) in [6, 6.07) is 3.81. The van der Waals surface area contributed by atoms with E-state index in [9.17, 15) is 0 Å². The molecule has 1 atom stereocenters. The molecule has 1 aliphatic rings. The lowest BCUT2D eigenvalue weighted by atomic mass is 9.88. The van der Waals surface area contributed by atoms with Crippen LogP contribution in [-0.4, -0.2) is 20.2 Å². The Morgan fingerprint density at radius 2 is 2.19 bits per heavy atom. The highest BCUT2D eigenvalue weighted by atomic mass is 35.5. The molecule has 3 nitrogen and oxygen atoms in total. The number of ether oxygens (including phenoxy) is 1. The van der Waals surface area contributed by atoms with E-state index < -0.39 is 0 Å². The fourth-order valence-corrected chi connectivity index (χ4v) is 2.38. The van der Waals surface area contributed by atoms with Crippen molar-refractivity contribution >= 4 is 11.6 Å². The van der Waals surface area contributed by atoms with Crippen LogP contribution in [0.5, 0.6) is 5.75 Å². The molecule has 1 unspecified atom stereocenters. The Kier molecular flexibility index (Phi) is 3.38. The van der Waals surface area contributed by atoms with Gasteiger partial charge in [-0.2, -0.15) is 0 Å². The van der Waals surface area contributed by atoms with Crippen molar-refractivity contribution in [1.29, 1.82) is 0 Å². The second-order valence-electron chi connectivity index (χ2n) is 4.29. The van der Waals surface area contributed by atoms with Crippen LogP contribution in [0, 0.1) is 12.8 Å². The fraction of sp³-hybridized carbons (Fsp3) is 0.500. The van der Waals surface area contributed by atoms with Crippen molar-refractivity contribution in [3.05, 3.63) is 28.3 Å². The fourth-order valence-electron chi connectivity index (χ4n) is 2.10. The number of nitrogens with two attached hydrogens (primary N) is 1. The van der Waals surface area contributed by atoms with Gasteiger partial charge in [-0.1, -0.05) is 11.6 Å². The summed E-state index contributed by atoms with van der Waals surface area (Å²) in [7, 11) is 1.67. The first-order chi connectivity index (χ1) is 7.63. The maximum atomic E-state index is 6.24. The van der Waals surface area contributed by atoms with Crippen molar-refractivity contribution < 1.29 is 4.74 Å². The van der Waals surface area contributed by atoms with Gasteiger partial charge >= 0.3 is 0 Å². The maximum Gasteiger partial charge on any atom is 0.126 e. The van der Waals surface area contributed by atoms with Crippen LogP contribution in [0.25, 0.3) is 0 Å². The third-order valence-electron chi connectivity index (χ3n) is 3.15. The molecule has 1 aromatic carbocycles. The van der Waals surface area contributed by atoms with Gasteiger partial charge in [0.15, 0.2) is 0 Å². The number of methoxy groups -OCH3 is 1. The Morgan fingerprint density at radius 3 is 2.69 bits per heavy atom. The van der Waals surface area contributed by atoms with Crippen molar-refractivity contribution in [1.82, 2.24) is 5.32 Å². The van der Waals surface area contributed by atoms with Crippen molar-refractivity contribution in [3.8, 4) is 5.75 Å². The van der Waals surface area contributed by atoms with E-state index in [1.54, 1.807) is 7.11 Å². The van der Waals surface area contributed by atoms with Gasteiger partial charge in [-0.25, -0.2) is 0 Å². The van der Waals surface area contributed by atoms with Gasteiger partial charge in [0.05, 0.1) is 7.11 Å². The zero-order chi connectivity index (χ0) is 11.7. The lowest BCUT2D eigenvalue weighted by Gasteiger charge is -2.33. The van der Waals surface area contributed by atoms with Gasteiger partial charge < -0.3 is 15.8 Å². The SMILES string of the molecule is COc1c(C)cc(Cl)cc1C(N)C1CNC1. The van der Waals surface area contributed by atoms with E-state index in [1.165, 1.54) is 0 Å². The van der Waals surface area contributed by atoms with Crippen LogP contribution in [0.15, 0.2) is 12.1 Å². The van der Waals surface area contributed by atoms with Crippen LogP contribution in [-0.2, 0) is 0 Å². The molecule has 3 N–H and O–H groups in total. The van der Waals surface area contributed by atoms with Gasteiger partial charge in [0.25, 0.3) is 0 Å². The lowest BCUT2D eigenvalue weighted by molar-refractivity contribution is 0.288. The van der Waals surface area contributed by atoms with E-state index in [0.717, 1.165) is 35.0 Å². The standard InChI is InChI=1S/C12H17ClN2O/c1-7-3-9(13)4-10(12(7)16-2)11(14)8-5-15-6-8/h3-4,8,11,15H,5-6,14H2,1-2H3. The molecule has 1 heterocycles. The minimum Gasteiger partial charge on any atom is -0.496 e. The normalized spacial score (nSPS) is 18.0. The topological polar surface area (TPSA) is 47.3 Å². The van der Waals surface area contributed by atoms with Crippen molar-refractivity contribution in [2.75, 3.05) is 20.2 Å². The van der Waals surface area contributed by atoms with Gasteiger partial charge in [0, 0.05) is 35.6 Å². The largest absolute Gasteiger partial charge is 0.496 e. The monoisotopic (exact) mass is 240 g/mol. The summed E-state index contributed by atoms with van der Waals surface area (Å²) in [5.41, 5.74) is 8.28. The number of hydrogen-bond donors (Lipinski definition) is 2. The summed E-state index contributed by atoms with van der Waals surface area (Å²) in [6.45, 7) is 3.92. The average molecular weight is 241 g/mol. The zero-order valence-electron chi connectivity index (χ0n) is 9.59. The first kappa shape index (κ1) is 11.7. The molecule has 0 saturated carbocycles. The van der Waals surface area contributed by atoms with Gasteiger partial charge in [-0.3, -0.25) is 0 Å². The van der Waals surface area contributed by atoms with E-state index in [4.69, 9.17) is 22.1 Å². The number of benzene rings is 1. The van der Waals surface area contributed by atoms with Crippen LogP contribution < -0.4 is 15.8 Å². The molecule has 88 valence electrons. The Labute approximate surface area is 101 Å². The molecule has 1 fully saturated rings. The van der Waals surface area contributed by atoms with Crippen molar-refractivity contribution in [2.24, 2.45) is 11.7 Å². The Balaban J connectivity index is 2.36. The van der Waals surface area contributed by atoms with Crippen molar-refractivity contribution in [3.63, 3.8) is 0 Å². The molecule has 1 saturated heterocycles. The molecule has 0 aromatic heterocycles. The van der Waals surface area contributed by atoms with E-state index in [0.29, 0.717) is 5.92 Å². The number of nitrogens with one attached hydrogen (secondary N) is 1. The molecular weight excluding hydrogens is 224 g/mol. The number of halogens is 1. The van der Waals surface area contributed by atoms with Gasteiger partial charge in [0.2, 0.25) is 0 Å². The first-order valence-electron chi connectivity index (χ1n) is 5.44. The van der Waals surface area contributed by atoms with E-state index in [-0.39, 0.29) is 6.04 Å². The minimum absolute atomic E-state index is 0.00593. The number of rotatable bonds is 3. The minimum atomic E-state index is -0.00593. The number of hydrogen-bond acceptors (Lipinski definition) is 3. The molecule has 1 aliphatic heterocycles. The smallest absolute Gasteiger partial charge is 0.126 e. The van der Waals surface area contributed by atoms with Crippen LogP contribution in [0.3, 0.4) is 0 Å². The highest BCUT2D eigenvalue weighted by Crippen LogP contribution is 2.34. The van der Waals surface area contributed by atoms with E-state index >= 15 is 0 Å². The van der Waals surface area contributed by atoms with Gasteiger partial charge in [-0.15, -0.1) is 0 Å². The number of aryl methyl sites for hydroxylation is 1. The molecule has 0 bridgehead atoms. The summed E-state index contributed by atoms with van der Waals surface area (Å²) in [4.78, 5) is 0. The van der Waals surface area contributed by atoms with Crippen LogP contribution in [0.1, 0.15) is 17.2 Å². The van der Waals surface area contributed by atoms with E-state index in [2.05, 4.69) is 5.32 Å². The molecule has 2 rings (SSSR count). The van der Waals surface area contributed by atoms with Gasteiger partial charge in [-0.05, 0) is 24.6 Å². The summed E-state index contributed by atoms with van der Waals surface area (Å²) in [5.74, 6) is 1.34. The quantitative estimate of drug-likeness (QED) is 0.848. The molecular formula is C12H17ClN2O. The Hall–Kier alpha value is -0.770. The summed E-state index contributed by atoms with van der Waals surface area (Å²) in [5, 5.41) is 3.94. The van der Waals surface area contributed by atoms with Crippen LogP contribution in [0.2, 0.25) is 5.02 Å². The van der Waals surface area contributed by atoms with Crippen LogP contribution in [0.4, 0.5) is 0 Å². The van der Waals surface area contributed by atoms with E-state index in [1.807, 2.05) is 19.1 Å². The molecule has 0 spiro atoms. The molecule has 4 heteroatoms. The average Bonchev–Trinajstić information content (AvgIpc) is 2.13. The highest BCUT2D eigenvalue weighted by Gasteiger charge is 2.28. The third-order valence-corrected chi connectivity index (χ3v) is 3.37. The molecule has 0 aliphatic carbocycles. The zero-order valence-corrected chi connectivity index (χ0v) is 10.3. The Bertz CT molecular complexity index is 391. The highest BCUT2D eigenvalue weighted by molar-refractivity contribution is 6.30. The summed E-state index contributed by atoms with van der Waals surface area (Å²) < 4.78 is 5.41. The Morgan fingerprint density at radius 1 is 1.50 bits per heavy atom. The first-order valence-corrected chi connectivity index (χ1v) is 5.81. The molecule has 1 aromatic rings.